The Morgan fingerprint density at radius 3 is 3.14 bits per heavy atom. The van der Waals surface area contributed by atoms with Gasteiger partial charge < -0.3 is 10.1 Å². The summed E-state index contributed by atoms with van der Waals surface area (Å²) < 4.78 is 5.03. The van der Waals surface area contributed by atoms with E-state index in [2.05, 4.69) is 11.4 Å². The maximum atomic E-state index is 11.2. The summed E-state index contributed by atoms with van der Waals surface area (Å²) in [6.45, 7) is 0.699. The summed E-state index contributed by atoms with van der Waals surface area (Å²) in [6.07, 6.45) is 1.38. The molecule has 0 saturated carbocycles. The maximum absolute atomic E-state index is 11.2. The number of amides is 1. The Hall–Kier alpha value is -1.35. The molecule has 0 aliphatic carbocycles. The monoisotopic (exact) mass is 191 g/mol. The van der Waals surface area contributed by atoms with Crippen molar-refractivity contribution in [2.75, 3.05) is 19.0 Å². The minimum absolute atomic E-state index is 0.0878. The van der Waals surface area contributed by atoms with Crippen molar-refractivity contribution in [1.82, 2.24) is 0 Å². The molecule has 0 unspecified atom stereocenters. The SMILES string of the molecule is COCCc1cccc2c1CC(=O)N2. The van der Waals surface area contributed by atoms with Crippen molar-refractivity contribution in [2.45, 2.75) is 12.8 Å². The Morgan fingerprint density at radius 2 is 2.36 bits per heavy atom. The number of carbonyl (C=O) groups excluding carboxylic acids is 1. The first-order valence-electron chi connectivity index (χ1n) is 4.71. The largest absolute Gasteiger partial charge is 0.384 e. The molecular weight excluding hydrogens is 178 g/mol. The quantitative estimate of drug-likeness (QED) is 0.783. The number of fused-ring (bicyclic) bond motifs is 1. The van der Waals surface area contributed by atoms with E-state index in [1.807, 2.05) is 12.1 Å². The van der Waals surface area contributed by atoms with Gasteiger partial charge in [-0.25, -0.2) is 0 Å². The summed E-state index contributed by atoms with van der Waals surface area (Å²) in [5, 5.41) is 2.83. The number of anilines is 1. The van der Waals surface area contributed by atoms with E-state index in [1.54, 1.807) is 7.11 Å². The van der Waals surface area contributed by atoms with Gasteiger partial charge in [0.2, 0.25) is 5.91 Å². The molecule has 0 fully saturated rings. The first kappa shape index (κ1) is 9.21. The van der Waals surface area contributed by atoms with E-state index in [4.69, 9.17) is 4.74 Å². The van der Waals surface area contributed by atoms with Gasteiger partial charge in [0.15, 0.2) is 0 Å². The molecule has 1 aromatic rings. The zero-order chi connectivity index (χ0) is 9.97. The minimum atomic E-state index is 0.0878. The summed E-state index contributed by atoms with van der Waals surface area (Å²) in [6, 6.07) is 5.96. The fraction of sp³-hybridized carbons (Fsp3) is 0.364. The molecule has 0 bridgehead atoms. The summed E-state index contributed by atoms with van der Waals surface area (Å²) in [5.74, 6) is 0.0878. The highest BCUT2D eigenvalue weighted by Gasteiger charge is 2.19. The van der Waals surface area contributed by atoms with E-state index in [0.717, 1.165) is 17.7 Å². The van der Waals surface area contributed by atoms with Crippen molar-refractivity contribution < 1.29 is 9.53 Å². The second-order valence-electron chi connectivity index (χ2n) is 3.41. The van der Waals surface area contributed by atoms with Gasteiger partial charge in [0, 0.05) is 12.8 Å². The van der Waals surface area contributed by atoms with Crippen LogP contribution in [-0.2, 0) is 22.4 Å². The first-order valence-corrected chi connectivity index (χ1v) is 4.71. The van der Waals surface area contributed by atoms with Crippen LogP contribution in [-0.4, -0.2) is 19.6 Å². The highest BCUT2D eigenvalue weighted by atomic mass is 16.5. The number of nitrogens with one attached hydrogen (secondary N) is 1. The van der Waals surface area contributed by atoms with Crippen molar-refractivity contribution >= 4 is 11.6 Å². The fourth-order valence-corrected chi connectivity index (χ4v) is 1.76. The van der Waals surface area contributed by atoms with Crippen LogP contribution in [0.1, 0.15) is 11.1 Å². The molecule has 0 atom stereocenters. The third kappa shape index (κ3) is 1.63. The maximum Gasteiger partial charge on any atom is 0.228 e. The predicted molar refractivity (Wildman–Crippen MR) is 54.4 cm³/mol. The number of hydrogen-bond donors (Lipinski definition) is 1. The van der Waals surface area contributed by atoms with Gasteiger partial charge in [0.25, 0.3) is 0 Å². The Bertz CT molecular complexity index is 360. The average molecular weight is 191 g/mol. The Balaban J connectivity index is 2.25. The molecule has 0 spiro atoms. The van der Waals surface area contributed by atoms with Crippen molar-refractivity contribution in [2.24, 2.45) is 0 Å². The first-order chi connectivity index (χ1) is 6.81. The summed E-state index contributed by atoms with van der Waals surface area (Å²) in [7, 11) is 1.69. The molecule has 1 amide bonds. The van der Waals surface area contributed by atoms with Gasteiger partial charge in [-0.2, -0.15) is 0 Å². The summed E-state index contributed by atoms with van der Waals surface area (Å²) in [5.41, 5.74) is 3.31. The fourth-order valence-electron chi connectivity index (χ4n) is 1.76. The van der Waals surface area contributed by atoms with Gasteiger partial charge in [-0.1, -0.05) is 12.1 Å². The molecular formula is C11H13NO2. The lowest BCUT2D eigenvalue weighted by atomic mass is 10.0. The molecule has 14 heavy (non-hydrogen) atoms. The normalized spacial score (nSPS) is 13.9. The number of hydrogen-bond acceptors (Lipinski definition) is 2. The lowest BCUT2D eigenvalue weighted by Gasteiger charge is -2.05. The molecule has 74 valence electrons. The highest BCUT2D eigenvalue weighted by molar-refractivity contribution is 5.99. The van der Waals surface area contributed by atoms with Crippen LogP contribution >= 0.6 is 0 Å². The van der Waals surface area contributed by atoms with Gasteiger partial charge in [-0.15, -0.1) is 0 Å². The van der Waals surface area contributed by atoms with E-state index < -0.39 is 0 Å². The van der Waals surface area contributed by atoms with Gasteiger partial charge in [-0.05, 0) is 23.6 Å². The van der Waals surface area contributed by atoms with Crippen LogP contribution in [0.3, 0.4) is 0 Å². The molecule has 0 aromatic heterocycles. The molecule has 1 heterocycles. The minimum Gasteiger partial charge on any atom is -0.384 e. The third-order valence-corrected chi connectivity index (χ3v) is 2.46. The number of rotatable bonds is 3. The number of carbonyl (C=O) groups is 1. The molecule has 1 aliphatic rings. The van der Waals surface area contributed by atoms with E-state index >= 15 is 0 Å². The van der Waals surface area contributed by atoms with Gasteiger partial charge >= 0.3 is 0 Å². The second-order valence-corrected chi connectivity index (χ2v) is 3.41. The van der Waals surface area contributed by atoms with E-state index in [9.17, 15) is 4.79 Å². The van der Waals surface area contributed by atoms with Gasteiger partial charge in [0.1, 0.15) is 0 Å². The van der Waals surface area contributed by atoms with Crippen LogP contribution in [0.15, 0.2) is 18.2 Å². The Labute approximate surface area is 83.1 Å². The van der Waals surface area contributed by atoms with Crippen LogP contribution in [0.5, 0.6) is 0 Å². The van der Waals surface area contributed by atoms with Crippen LogP contribution in [0, 0.1) is 0 Å². The van der Waals surface area contributed by atoms with E-state index in [0.29, 0.717) is 13.0 Å². The van der Waals surface area contributed by atoms with Gasteiger partial charge in [0.05, 0.1) is 13.0 Å². The van der Waals surface area contributed by atoms with Crippen LogP contribution in [0.4, 0.5) is 5.69 Å². The summed E-state index contributed by atoms with van der Waals surface area (Å²) in [4.78, 5) is 11.2. The van der Waals surface area contributed by atoms with Crippen molar-refractivity contribution in [3.63, 3.8) is 0 Å². The standard InChI is InChI=1S/C11H13NO2/c1-14-6-5-8-3-2-4-10-9(8)7-11(13)12-10/h2-4H,5-7H2,1H3,(H,12,13). The van der Waals surface area contributed by atoms with Crippen LogP contribution in [0.25, 0.3) is 0 Å². The molecule has 3 heteroatoms. The highest BCUT2D eigenvalue weighted by Crippen LogP contribution is 2.26. The molecule has 0 saturated heterocycles. The zero-order valence-electron chi connectivity index (χ0n) is 8.17. The number of benzene rings is 1. The summed E-state index contributed by atoms with van der Waals surface area (Å²) >= 11 is 0. The molecule has 1 N–H and O–H groups in total. The van der Waals surface area contributed by atoms with Crippen molar-refractivity contribution in [3.05, 3.63) is 29.3 Å². The topological polar surface area (TPSA) is 38.3 Å². The van der Waals surface area contributed by atoms with E-state index in [1.165, 1.54) is 5.56 Å². The lowest BCUT2D eigenvalue weighted by Crippen LogP contribution is -2.03. The Kier molecular flexibility index (Phi) is 2.50. The van der Waals surface area contributed by atoms with Gasteiger partial charge in [-0.3, -0.25) is 4.79 Å². The molecule has 0 radical (unpaired) electrons. The second kappa shape index (κ2) is 3.80. The molecule has 1 aromatic carbocycles. The van der Waals surface area contributed by atoms with E-state index in [-0.39, 0.29) is 5.91 Å². The number of methoxy groups -OCH3 is 1. The predicted octanol–water partition coefficient (Wildman–Crippen LogP) is 1.37. The third-order valence-electron chi connectivity index (χ3n) is 2.46. The van der Waals surface area contributed by atoms with Crippen molar-refractivity contribution in [1.29, 1.82) is 0 Å². The van der Waals surface area contributed by atoms with Crippen LogP contribution in [0.2, 0.25) is 0 Å². The van der Waals surface area contributed by atoms with Crippen molar-refractivity contribution in [3.8, 4) is 0 Å². The lowest BCUT2D eigenvalue weighted by molar-refractivity contribution is -0.115. The Morgan fingerprint density at radius 1 is 1.50 bits per heavy atom. The smallest absolute Gasteiger partial charge is 0.228 e. The zero-order valence-corrected chi connectivity index (χ0v) is 8.17. The average Bonchev–Trinajstić information content (AvgIpc) is 2.55. The molecule has 1 aliphatic heterocycles. The molecule has 2 rings (SSSR count). The number of ether oxygens (including phenoxy) is 1. The molecule has 3 nitrogen and oxygen atoms in total. The van der Waals surface area contributed by atoms with Crippen LogP contribution < -0.4 is 5.32 Å².